The van der Waals surface area contributed by atoms with Gasteiger partial charge in [-0.25, -0.2) is 9.18 Å². The normalized spacial score (nSPS) is 14.5. The van der Waals surface area contributed by atoms with Gasteiger partial charge in [-0.1, -0.05) is 49.6 Å². The van der Waals surface area contributed by atoms with Gasteiger partial charge in [-0.15, -0.1) is 0 Å². The molecule has 208 valence electrons. The number of anilines is 2. The van der Waals surface area contributed by atoms with Crippen molar-refractivity contribution in [3.05, 3.63) is 89.2 Å². The van der Waals surface area contributed by atoms with Crippen molar-refractivity contribution in [3.63, 3.8) is 0 Å². The monoisotopic (exact) mass is 543 g/mol. The van der Waals surface area contributed by atoms with Crippen molar-refractivity contribution in [2.24, 2.45) is 5.92 Å². The lowest BCUT2D eigenvalue weighted by atomic mass is 9.88. The lowest BCUT2D eigenvalue weighted by Crippen LogP contribution is -2.40. The molecule has 0 radical (unpaired) electrons. The average molecular weight is 544 g/mol. The number of carbonyl (C=O) groups excluding carboxylic acids is 2. The van der Waals surface area contributed by atoms with Crippen LogP contribution in [0.15, 0.2) is 66.7 Å². The number of nitrogens with one attached hydrogen (secondary N) is 2. The fraction of sp³-hybridized carbons (Fsp3) is 0.281. The van der Waals surface area contributed by atoms with Gasteiger partial charge in [0.25, 0.3) is 0 Å². The minimum atomic E-state index is -1.36. The van der Waals surface area contributed by atoms with Crippen LogP contribution in [-0.2, 0) is 14.3 Å². The fourth-order valence-electron chi connectivity index (χ4n) is 5.09. The van der Waals surface area contributed by atoms with Gasteiger partial charge in [0.2, 0.25) is 5.91 Å². The zero-order chi connectivity index (χ0) is 28.6. The Morgan fingerprint density at radius 2 is 1.75 bits per heavy atom. The molecule has 4 rings (SSSR count). The Balaban J connectivity index is 1.69. The summed E-state index contributed by atoms with van der Waals surface area (Å²) >= 11 is 0. The van der Waals surface area contributed by atoms with E-state index in [0.717, 1.165) is 41.6 Å². The summed E-state index contributed by atoms with van der Waals surface area (Å²) in [7, 11) is 3.05. The van der Waals surface area contributed by atoms with E-state index in [0.29, 0.717) is 24.0 Å². The zero-order valence-corrected chi connectivity index (χ0v) is 22.7. The highest BCUT2D eigenvalue weighted by molar-refractivity contribution is 5.96. The Hall–Kier alpha value is -4.30. The number of aliphatic hydroxyl groups excluding tert-OH is 1. The van der Waals surface area contributed by atoms with Crippen molar-refractivity contribution in [3.8, 4) is 11.1 Å². The highest BCUT2D eigenvalue weighted by atomic mass is 19.1. The lowest BCUT2D eigenvalue weighted by Gasteiger charge is -2.33. The molecule has 1 fully saturated rings. The molecule has 0 bridgehead atoms. The minimum Gasteiger partial charge on any atom is -0.466 e. The minimum absolute atomic E-state index is 0.204. The lowest BCUT2D eigenvalue weighted by molar-refractivity contribution is -0.134. The third-order valence-corrected chi connectivity index (χ3v) is 7.25. The summed E-state index contributed by atoms with van der Waals surface area (Å²) in [6, 6.07) is 17.0. The van der Waals surface area contributed by atoms with Crippen LogP contribution in [-0.4, -0.2) is 37.4 Å². The van der Waals surface area contributed by atoms with Gasteiger partial charge < -0.3 is 20.6 Å². The Morgan fingerprint density at radius 3 is 2.40 bits per heavy atom. The molecule has 1 saturated carbocycles. The molecule has 40 heavy (non-hydrogen) atoms. The molecule has 3 N–H and O–H groups in total. The molecule has 0 saturated heterocycles. The first-order valence-electron chi connectivity index (χ1n) is 13.3. The van der Waals surface area contributed by atoms with Crippen LogP contribution < -0.4 is 10.2 Å². The van der Waals surface area contributed by atoms with Crippen LogP contribution in [0.4, 0.5) is 15.8 Å². The molecule has 3 aromatic carbocycles. The van der Waals surface area contributed by atoms with Crippen LogP contribution in [0.2, 0.25) is 0 Å². The van der Waals surface area contributed by atoms with E-state index >= 15 is 0 Å². The van der Waals surface area contributed by atoms with Gasteiger partial charge in [0, 0.05) is 42.1 Å². The van der Waals surface area contributed by atoms with Crippen LogP contribution >= 0.6 is 0 Å². The number of methoxy groups -OCH3 is 1. The first-order valence-corrected chi connectivity index (χ1v) is 13.3. The van der Waals surface area contributed by atoms with Crippen LogP contribution in [0, 0.1) is 17.1 Å². The number of esters is 1. The maximum Gasteiger partial charge on any atom is 0.330 e. The second-order valence-electron chi connectivity index (χ2n) is 9.83. The van der Waals surface area contributed by atoms with Crippen LogP contribution in [0.25, 0.3) is 17.2 Å². The Bertz CT molecular complexity index is 1400. The topological polar surface area (TPSA) is 103 Å². The number of amides is 1. The highest BCUT2D eigenvalue weighted by Crippen LogP contribution is 2.34. The molecule has 8 heteroatoms. The SMILES string of the molecule is CNc1ccc(-c2ccc(C(O)N(C(=O)C3CCCCC3)c3cc(F)cc(/C=C/C(=O)OC)c3)cc2)cc1C=N. The third-order valence-electron chi connectivity index (χ3n) is 7.25. The average Bonchev–Trinajstić information content (AvgIpc) is 2.99. The summed E-state index contributed by atoms with van der Waals surface area (Å²) in [6.07, 6.45) is 6.85. The van der Waals surface area contributed by atoms with Gasteiger partial charge in [-0.05, 0) is 65.9 Å². The maximum absolute atomic E-state index is 14.7. The standard InChI is InChI=1S/C32H34FN3O4/c1-35-29-14-13-25(18-26(29)20-34)22-9-11-24(12-10-22)32(39)36(31(38)23-6-4-3-5-7-23)28-17-21(16-27(33)19-28)8-15-30(37)40-2/h8-20,23,32,34-35,39H,3-7H2,1-2H3/b15-8+,34-20?. The van der Waals surface area contributed by atoms with E-state index in [9.17, 15) is 19.1 Å². The Morgan fingerprint density at radius 1 is 1.05 bits per heavy atom. The smallest absolute Gasteiger partial charge is 0.330 e. The van der Waals surface area contributed by atoms with Crippen molar-refractivity contribution in [2.75, 3.05) is 24.4 Å². The van der Waals surface area contributed by atoms with Crippen LogP contribution in [0.1, 0.15) is 55.0 Å². The summed E-state index contributed by atoms with van der Waals surface area (Å²) in [5.41, 5.74) is 4.41. The molecule has 1 atom stereocenters. The van der Waals surface area contributed by atoms with Crippen molar-refractivity contribution in [1.29, 1.82) is 5.41 Å². The van der Waals surface area contributed by atoms with Gasteiger partial charge in [0.1, 0.15) is 5.82 Å². The van der Waals surface area contributed by atoms with Crippen molar-refractivity contribution < 1.29 is 23.8 Å². The Kier molecular flexibility index (Phi) is 9.45. The maximum atomic E-state index is 14.7. The second kappa shape index (κ2) is 13.2. The van der Waals surface area contributed by atoms with Crippen molar-refractivity contribution in [2.45, 2.75) is 38.3 Å². The molecule has 0 heterocycles. The highest BCUT2D eigenvalue weighted by Gasteiger charge is 2.32. The number of hydrogen-bond donors (Lipinski definition) is 3. The molecule has 0 aliphatic heterocycles. The summed E-state index contributed by atoms with van der Waals surface area (Å²) in [5, 5.41) is 22.3. The number of ether oxygens (including phenoxy) is 1. The molecule has 1 amide bonds. The van der Waals surface area contributed by atoms with Gasteiger partial charge in [-0.2, -0.15) is 0 Å². The molecule has 3 aromatic rings. The predicted octanol–water partition coefficient (Wildman–Crippen LogP) is 6.32. The third kappa shape index (κ3) is 6.63. The number of nitrogens with zero attached hydrogens (tertiary/aromatic N) is 1. The van der Waals surface area contributed by atoms with Gasteiger partial charge >= 0.3 is 5.97 Å². The van der Waals surface area contributed by atoms with E-state index in [1.165, 1.54) is 42.5 Å². The molecular weight excluding hydrogens is 509 g/mol. The molecule has 1 unspecified atom stereocenters. The number of benzene rings is 3. The first kappa shape index (κ1) is 28.7. The Labute approximate surface area is 233 Å². The number of aliphatic hydroxyl groups is 1. The number of rotatable bonds is 9. The first-order chi connectivity index (χ1) is 19.3. The molecular formula is C32H34FN3O4. The van der Waals surface area contributed by atoms with E-state index < -0.39 is 18.0 Å². The summed E-state index contributed by atoms with van der Waals surface area (Å²) < 4.78 is 19.4. The van der Waals surface area contributed by atoms with Crippen LogP contribution in [0.3, 0.4) is 0 Å². The van der Waals surface area contributed by atoms with E-state index in [4.69, 9.17) is 5.41 Å². The van der Waals surface area contributed by atoms with Gasteiger partial charge in [0.15, 0.2) is 6.23 Å². The van der Waals surface area contributed by atoms with Crippen LogP contribution in [0.5, 0.6) is 0 Å². The summed E-state index contributed by atoms with van der Waals surface area (Å²) in [5.74, 6) is -1.72. The molecule has 7 nitrogen and oxygen atoms in total. The second-order valence-corrected chi connectivity index (χ2v) is 9.83. The van der Waals surface area contributed by atoms with E-state index in [-0.39, 0.29) is 17.5 Å². The summed E-state index contributed by atoms with van der Waals surface area (Å²) in [6.45, 7) is 0. The molecule has 0 spiro atoms. The van der Waals surface area contributed by atoms with Crippen molar-refractivity contribution >= 4 is 35.5 Å². The largest absolute Gasteiger partial charge is 0.466 e. The van der Waals surface area contributed by atoms with E-state index in [2.05, 4.69) is 10.1 Å². The van der Waals surface area contributed by atoms with Crippen molar-refractivity contribution in [1.82, 2.24) is 0 Å². The number of hydrogen-bond acceptors (Lipinski definition) is 6. The fourth-order valence-corrected chi connectivity index (χ4v) is 5.09. The molecule has 1 aliphatic carbocycles. The van der Waals surface area contributed by atoms with E-state index in [1.54, 1.807) is 25.2 Å². The summed E-state index contributed by atoms with van der Waals surface area (Å²) in [4.78, 5) is 26.6. The zero-order valence-electron chi connectivity index (χ0n) is 22.7. The number of carbonyl (C=O) groups is 2. The predicted molar refractivity (Wildman–Crippen MR) is 156 cm³/mol. The molecule has 0 aromatic heterocycles. The van der Waals surface area contributed by atoms with Gasteiger partial charge in [0.05, 0.1) is 12.8 Å². The van der Waals surface area contributed by atoms with E-state index in [1.807, 2.05) is 30.3 Å². The molecule has 1 aliphatic rings. The number of halogens is 1. The van der Waals surface area contributed by atoms with Gasteiger partial charge in [-0.3, -0.25) is 9.69 Å². The quantitative estimate of drug-likeness (QED) is 0.127.